The van der Waals surface area contributed by atoms with Gasteiger partial charge in [0.05, 0.1) is 4.88 Å². The average molecular weight is 372 g/mol. The Labute approximate surface area is 158 Å². The van der Waals surface area contributed by atoms with Gasteiger partial charge >= 0.3 is 6.09 Å². The fraction of sp³-hybridized carbons (Fsp3) is 0.350. The first kappa shape index (κ1) is 19.8. The summed E-state index contributed by atoms with van der Waals surface area (Å²) in [6, 6.07) is 13.1. The molecule has 0 fully saturated rings. The van der Waals surface area contributed by atoms with Crippen molar-refractivity contribution in [2.75, 3.05) is 6.54 Å². The number of ketones is 1. The van der Waals surface area contributed by atoms with E-state index in [2.05, 4.69) is 18.9 Å². The van der Waals surface area contributed by atoms with Gasteiger partial charge in [0, 0.05) is 13.5 Å². The number of benzene rings is 1. The molecule has 2 rings (SSSR count). The van der Waals surface area contributed by atoms with Gasteiger partial charge in [0.1, 0.15) is 12.3 Å². The predicted octanol–water partition coefficient (Wildman–Crippen LogP) is 4.73. The number of hydrazone groups is 1. The largest absolute Gasteiger partial charge is 0.443 e. The molecular formula is C20H24N2O3S. The molecule has 0 aliphatic carbocycles. The Morgan fingerprint density at radius 2 is 1.88 bits per heavy atom. The number of ether oxygens (including phenoxy) is 1. The third-order valence-electron chi connectivity index (χ3n) is 3.64. The van der Waals surface area contributed by atoms with E-state index in [1.807, 2.05) is 47.8 Å². The molecule has 0 atom stereocenters. The molecule has 6 heteroatoms. The number of Topliss-reactive ketones (excluding diaryl/α,β-unsaturated/α-hetero) is 1. The smallest absolute Gasteiger partial charge is 0.430 e. The third-order valence-corrected chi connectivity index (χ3v) is 4.52. The maximum Gasteiger partial charge on any atom is 0.430 e. The van der Waals surface area contributed by atoms with Crippen molar-refractivity contribution in [3.63, 3.8) is 0 Å². The summed E-state index contributed by atoms with van der Waals surface area (Å²) in [6.07, 6.45) is 0.212. The zero-order chi connectivity index (χ0) is 18.9. The normalized spacial score (nSPS) is 11.5. The summed E-state index contributed by atoms with van der Waals surface area (Å²) in [5.74, 6) is 0.218. The lowest BCUT2D eigenvalue weighted by Crippen LogP contribution is -2.31. The van der Waals surface area contributed by atoms with E-state index >= 15 is 0 Å². The number of hydrogen-bond donors (Lipinski definition) is 0. The minimum Gasteiger partial charge on any atom is -0.443 e. The molecule has 0 N–H and O–H groups in total. The van der Waals surface area contributed by atoms with E-state index in [4.69, 9.17) is 4.74 Å². The van der Waals surface area contributed by atoms with Crippen molar-refractivity contribution in [2.24, 2.45) is 11.0 Å². The Morgan fingerprint density at radius 3 is 2.46 bits per heavy atom. The van der Waals surface area contributed by atoms with Crippen LogP contribution in [-0.2, 0) is 16.1 Å². The van der Waals surface area contributed by atoms with Crippen LogP contribution in [0.3, 0.4) is 0 Å². The van der Waals surface area contributed by atoms with Crippen LogP contribution in [0.4, 0.5) is 4.79 Å². The van der Waals surface area contributed by atoms with Gasteiger partial charge < -0.3 is 4.74 Å². The Bertz CT molecular complexity index is 740. The summed E-state index contributed by atoms with van der Waals surface area (Å²) in [5, 5.41) is 7.48. The molecule has 0 saturated carbocycles. The molecule has 5 nitrogen and oxygen atoms in total. The van der Waals surface area contributed by atoms with Gasteiger partial charge in [-0.3, -0.25) is 4.79 Å². The molecule has 1 heterocycles. The molecule has 0 unspecified atom stereocenters. The van der Waals surface area contributed by atoms with Crippen molar-refractivity contribution < 1.29 is 14.3 Å². The average Bonchev–Trinajstić information content (AvgIpc) is 3.14. The molecule has 26 heavy (non-hydrogen) atoms. The van der Waals surface area contributed by atoms with Gasteiger partial charge in [0.2, 0.25) is 0 Å². The van der Waals surface area contributed by atoms with E-state index < -0.39 is 6.09 Å². The number of carbonyl (C=O) groups is 2. The SMILES string of the molecule is CC(=O)/C(=N\N(CCC(C)C)C(=O)OCc1ccccc1)c1cccs1. The molecule has 2 aromatic rings. The van der Waals surface area contributed by atoms with Gasteiger partial charge in [-0.15, -0.1) is 11.3 Å². The van der Waals surface area contributed by atoms with Crippen LogP contribution >= 0.6 is 11.3 Å². The van der Waals surface area contributed by atoms with Crippen LogP contribution in [0.2, 0.25) is 0 Å². The summed E-state index contributed by atoms with van der Waals surface area (Å²) in [5.41, 5.74) is 1.18. The second-order valence-electron chi connectivity index (χ2n) is 6.33. The van der Waals surface area contributed by atoms with Crippen molar-refractivity contribution in [1.82, 2.24) is 5.01 Å². The maximum absolute atomic E-state index is 12.5. The quantitative estimate of drug-likeness (QED) is 0.497. The predicted molar refractivity (Wildman–Crippen MR) is 104 cm³/mol. The highest BCUT2D eigenvalue weighted by atomic mass is 32.1. The number of amides is 1. The molecule has 0 radical (unpaired) electrons. The van der Waals surface area contributed by atoms with Crippen molar-refractivity contribution in [1.29, 1.82) is 0 Å². The minimum absolute atomic E-state index is 0.168. The summed E-state index contributed by atoms with van der Waals surface area (Å²) in [7, 11) is 0. The van der Waals surface area contributed by atoms with Crippen LogP contribution in [-0.4, -0.2) is 29.1 Å². The Balaban J connectivity index is 2.16. The number of rotatable bonds is 8. The lowest BCUT2D eigenvalue weighted by molar-refractivity contribution is -0.111. The fourth-order valence-electron chi connectivity index (χ4n) is 2.18. The number of carbonyl (C=O) groups excluding carboxylic acids is 2. The van der Waals surface area contributed by atoms with Crippen molar-refractivity contribution in [3.8, 4) is 0 Å². The van der Waals surface area contributed by atoms with E-state index in [0.29, 0.717) is 12.5 Å². The Hall–Kier alpha value is -2.47. The molecule has 0 aliphatic rings. The van der Waals surface area contributed by atoms with Crippen molar-refractivity contribution in [3.05, 3.63) is 58.3 Å². The first-order chi connectivity index (χ1) is 12.5. The first-order valence-corrected chi connectivity index (χ1v) is 9.47. The zero-order valence-corrected chi connectivity index (χ0v) is 16.2. The van der Waals surface area contributed by atoms with Gasteiger partial charge in [-0.1, -0.05) is 50.2 Å². The molecule has 0 aliphatic heterocycles. The molecular weight excluding hydrogens is 348 g/mol. The number of nitrogens with zero attached hydrogens (tertiary/aromatic N) is 2. The molecule has 1 amide bonds. The van der Waals surface area contributed by atoms with Gasteiger partial charge in [-0.05, 0) is 29.3 Å². The highest BCUT2D eigenvalue weighted by Gasteiger charge is 2.19. The Kier molecular flexibility index (Phi) is 7.53. The zero-order valence-electron chi connectivity index (χ0n) is 15.3. The van der Waals surface area contributed by atoms with Crippen LogP contribution in [0.15, 0.2) is 52.9 Å². The fourth-order valence-corrected chi connectivity index (χ4v) is 2.94. The summed E-state index contributed by atoms with van der Waals surface area (Å²) in [4.78, 5) is 25.3. The number of thiophene rings is 1. The lowest BCUT2D eigenvalue weighted by atomic mass is 10.1. The van der Waals surface area contributed by atoms with Gasteiger partial charge in [-0.2, -0.15) is 10.1 Å². The van der Waals surface area contributed by atoms with Crippen LogP contribution < -0.4 is 0 Å². The van der Waals surface area contributed by atoms with Crippen LogP contribution in [0, 0.1) is 5.92 Å². The van der Waals surface area contributed by atoms with E-state index in [1.54, 1.807) is 0 Å². The molecule has 1 aromatic carbocycles. The molecule has 0 bridgehead atoms. The molecule has 1 aromatic heterocycles. The second kappa shape index (κ2) is 9.87. The minimum atomic E-state index is -0.551. The van der Waals surface area contributed by atoms with Crippen LogP contribution in [0.25, 0.3) is 0 Å². The van der Waals surface area contributed by atoms with E-state index in [9.17, 15) is 9.59 Å². The first-order valence-electron chi connectivity index (χ1n) is 8.59. The highest BCUT2D eigenvalue weighted by Crippen LogP contribution is 2.14. The second-order valence-corrected chi connectivity index (χ2v) is 7.28. The van der Waals surface area contributed by atoms with Gasteiger partial charge in [-0.25, -0.2) is 4.79 Å². The van der Waals surface area contributed by atoms with Crippen LogP contribution in [0.5, 0.6) is 0 Å². The molecule has 0 saturated heterocycles. The van der Waals surface area contributed by atoms with E-state index in [0.717, 1.165) is 16.9 Å². The summed E-state index contributed by atoms with van der Waals surface area (Å²) >= 11 is 1.42. The summed E-state index contributed by atoms with van der Waals surface area (Å²) in [6.45, 7) is 6.16. The van der Waals surface area contributed by atoms with Crippen LogP contribution in [0.1, 0.15) is 37.6 Å². The molecule has 138 valence electrons. The lowest BCUT2D eigenvalue weighted by Gasteiger charge is -2.19. The Morgan fingerprint density at radius 1 is 1.15 bits per heavy atom. The summed E-state index contributed by atoms with van der Waals surface area (Å²) < 4.78 is 5.39. The highest BCUT2D eigenvalue weighted by molar-refractivity contribution is 7.13. The molecule has 0 spiro atoms. The monoisotopic (exact) mass is 372 g/mol. The standard InChI is InChI=1S/C20H24N2O3S/c1-15(2)11-12-22(20(24)25-14-17-8-5-4-6-9-17)21-19(16(3)23)18-10-7-13-26-18/h4-10,13,15H,11-12,14H2,1-3H3/b21-19+. The number of hydrogen-bond acceptors (Lipinski definition) is 5. The maximum atomic E-state index is 12.5. The van der Waals surface area contributed by atoms with Crippen molar-refractivity contribution in [2.45, 2.75) is 33.8 Å². The van der Waals surface area contributed by atoms with Gasteiger partial charge in [0.15, 0.2) is 5.78 Å². The topological polar surface area (TPSA) is 59.0 Å². The van der Waals surface area contributed by atoms with E-state index in [-0.39, 0.29) is 18.1 Å². The third kappa shape index (κ3) is 6.11. The van der Waals surface area contributed by atoms with Crippen molar-refractivity contribution >= 4 is 28.9 Å². The van der Waals surface area contributed by atoms with E-state index in [1.165, 1.54) is 23.3 Å². The van der Waals surface area contributed by atoms with Gasteiger partial charge in [0.25, 0.3) is 0 Å².